The zero-order valence-electron chi connectivity index (χ0n) is 7.34. The van der Waals surface area contributed by atoms with E-state index in [4.69, 9.17) is 0 Å². The Labute approximate surface area is 73.7 Å². The maximum Gasteiger partial charge on any atom is 0.00765 e. The molecule has 4 bridgehead atoms. The molecule has 62 valence electrons. The maximum absolute atomic E-state index is 4.20. The summed E-state index contributed by atoms with van der Waals surface area (Å²) in [4.78, 5) is 0. The average molecular weight is 158 g/mol. The first-order chi connectivity index (χ1) is 5.72. The van der Waals surface area contributed by atoms with Gasteiger partial charge in [-0.1, -0.05) is 36.5 Å². The third-order valence-corrected chi connectivity index (χ3v) is 4.14. The van der Waals surface area contributed by atoms with Crippen molar-refractivity contribution in [2.24, 2.45) is 23.7 Å². The van der Waals surface area contributed by atoms with Crippen LogP contribution < -0.4 is 0 Å². The fraction of sp³-hybridized carbons (Fsp3) is 0.500. The highest BCUT2D eigenvalue weighted by Crippen LogP contribution is 2.65. The lowest BCUT2D eigenvalue weighted by Crippen LogP contribution is -2.28. The van der Waals surface area contributed by atoms with Gasteiger partial charge in [-0.05, 0) is 24.7 Å². The van der Waals surface area contributed by atoms with E-state index in [9.17, 15) is 0 Å². The number of rotatable bonds is 0. The molecular weight excluding hydrogens is 144 g/mol. The Bertz CT molecular complexity index is 278. The summed E-state index contributed by atoms with van der Waals surface area (Å²) in [7, 11) is 0. The SMILES string of the molecule is C=C1[C@@H]2C(=C)[C@@H]3CC[C@H]2C(=C)[C@H]13. The van der Waals surface area contributed by atoms with Crippen molar-refractivity contribution < 1.29 is 0 Å². The predicted molar refractivity (Wildman–Crippen MR) is 50.6 cm³/mol. The van der Waals surface area contributed by atoms with Crippen LogP contribution in [-0.4, -0.2) is 0 Å². The van der Waals surface area contributed by atoms with Gasteiger partial charge in [-0.15, -0.1) is 0 Å². The predicted octanol–water partition coefficient (Wildman–Crippen LogP) is 2.94. The molecule has 0 saturated heterocycles. The summed E-state index contributed by atoms with van der Waals surface area (Å²) in [5, 5.41) is 0. The van der Waals surface area contributed by atoms with Crippen LogP contribution in [0.3, 0.4) is 0 Å². The van der Waals surface area contributed by atoms with Gasteiger partial charge in [0.05, 0.1) is 0 Å². The van der Waals surface area contributed by atoms with E-state index in [1.54, 1.807) is 0 Å². The molecule has 12 heavy (non-hydrogen) atoms. The van der Waals surface area contributed by atoms with E-state index in [-0.39, 0.29) is 0 Å². The molecule has 4 saturated carbocycles. The molecule has 0 N–H and O–H groups in total. The van der Waals surface area contributed by atoms with Crippen molar-refractivity contribution >= 4 is 0 Å². The standard InChI is InChI=1S/C12H14/c1-6-9-4-5-10-7(2)12(9)8(3)11(6)10/h9-12H,1-5H2/t9-,10-,11-,12+/m0/s1. The van der Waals surface area contributed by atoms with Gasteiger partial charge in [0, 0.05) is 11.8 Å². The number of hydrogen-bond acceptors (Lipinski definition) is 0. The molecule has 0 unspecified atom stereocenters. The van der Waals surface area contributed by atoms with Crippen molar-refractivity contribution in [1.29, 1.82) is 0 Å². The highest BCUT2D eigenvalue weighted by atomic mass is 14.6. The summed E-state index contributed by atoms with van der Waals surface area (Å²) in [6, 6.07) is 0. The fourth-order valence-corrected chi connectivity index (χ4v) is 3.66. The van der Waals surface area contributed by atoms with E-state index >= 15 is 0 Å². The summed E-state index contributed by atoms with van der Waals surface area (Å²) in [6.45, 7) is 12.6. The molecule has 4 rings (SSSR count). The van der Waals surface area contributed by atoms with E-state index in [0.717, 1.165) is 11.8 Å². The Morgan fingerprint density at radius 3 is 1.50 bits per heavy atom. The third-order valence-electron chi connectivity index (χ3n) is 4.14. The molecule has 4 aliphatic rings. The minimum absolute atomic E-state index is 0.626. The van der Waals surface area contributed by atoms with Crippen LogP contribution in [0.2, 0.25) is 0 Å². The first kappa shape index (κ1) is 6.71. The topological polar surface area (TPSA) is 0 Å². The molecule has 0 heterocycles. The van der Waals surface area contributed by atoms with Crippen LogP contribution >= 0.6 is 0 Å². The second kappa shape index (κ2) is 1.76. The Morgan fingerprint density at radius 1 is 0.750 bits per heavy atom. The van der Waals surface area contributed by atoms with E-state index in [2.05, 4.69) is 19.7 Å². The molecule has 0 heteroatoms. The molecule has 0 spiro atoms. The second-order valence-electron chi connectivity index (χ2n) is 4.47. The summed E-state index contributed by atoms with van der Waals surface area (Å²) >= 11 is 0. The first-order valence-corrected chi connectivity index (χ1v) is 4.78. The first-order valence-electron chi connectivity index (χ1n) is 4.78. The highest BCUT2D eigenvalue weighted by molar-refractivity contribution is 5.48. The van der Waals surface area contributed by atoms with Gasteiger partial charge >= 0.3 is 0 Å². The molecule has 0 aromatic heterocycles. The van der Waals surface area contributed by atoms with Crippen LogP contribution in [-0.2, 0) is 0 Å². The van der Waals surface area contributed by atoms with Crippen LogP contribution in [0.5, 0.6) is 0 Å². The van der Waals surface area contributed by atoms with Crippen LogP contribution in [0.1, 0.15) is 12.8 Å². The van der Waals surface area contributed by atoms with Gasteiger partial charge in [-0.2, -0.15) is 0 Å². The van der Waals surface area contributed by atoms with Crippen molar-refractivity contribution in [3.8, 4) is 0 Å². The maximum atomic E-state index is 4.20. The minimum atomic E-state index is 0.626. The Kier molecular flexibility index (Phi) is 0.983. The smallest absolute Gasteiger partial charge is 0.00765 e. The van der Waals surface area contributed by atoms with Gasteiger partial charge < -0.3 is 0 Å². The Hall–Kier alpha value is -0.780. The van der Waals surface area contributed by atoms with Crippen molar-refractivity contribution in [1.82, 2.24) is 0 Å². The van der Waals surface area contributed by atoms with Gasteiger partial charge in [0.2, 0.25) is 0 Å². The van der Waals surface area contributed by atoms with Gasteiger partial charge in [-0.3, -0.25) is 0 Å². The van der Waals surface area contributed by atoms with Gasteiger partial charge in [-0.25, -0.2) is 0 Å². The van der Waals surface area contributed by atoms with Crippen LogP contribution in [0.25, 0.3) is 0 Å². The molecule has 0 amide bonds. The zero-order chi connectivity index (χ0) is 8.46. The summed E-state index contributed by atoms with van der Waals surface area (Å²) in [5.41, 5.74) is 4.36. The molecule has 0 aromatic rings. The largest absolute Gasteiger partial charge is 0.0989 e. The Balaban J connectivity index is 2.21. The van der Waals surface area contributed by atoms with Crippen LogP contribution in [0.15, 0.2) is 36.5 Å². The molecule has 4 aliphatic carbocycles. The van der Waals surface area contributed by atoms with E-state index < -0.39 is 0 Å². The van der Waals surface area contributed by atoms with Crippen LogP contribution in [0, 0.1) is 23.7 Å². The van der Waals surface area contributed by atoms with Crippen molar-refractivity contribution in [2.75, 3.05) is 0 Å². The summed E-state index contributed by atoms with van der Waals surface area (Å²) < 4.78 is 0. The quantitative estimate of drug-likeness (QED) is 0.475. The third kappa shape index (κ3) is 0.475. The van der Waals surface area contributed by atoms with Crippen molar-refractivity contribution in [2.45, 2.75) is 12.8 Å². The van der Waals surface area contributed by atoms with Crippen molar-refractivity contribution in [3.63, 3.8) is 0 Å². The number of fused-ring (bicyclic) bond motifs is 1. The van der Waals surface area contributed by atoms with Gasteiger partial charge in [0.25, 0.3) is 0 Å². The van der Waals surface area contributed by atoms with Crippen LogP contribution in [0.4, 0.5) is 0 Å². The normalized spacial score (nSPS) is 49.5. The molecule has 4 fully saturated rings. The van der Waals surface area contributed by atoms with Crippen molar-refractivity contribution in [3.05, 3.63) is 36.5 Å². The molecular formula is C12H14. The van der Waals surface area contributed by atoms with E-state index in [1.807, 2.05) is 0 Å². The lowest BCUT2D eigenvalue weighted by molar-refractivity contribution is 0.301. The molecule has 0 aromatic carbocycles. The minimum Gasteiger partial charge on any atom is -0.0989 e. The fourth-order valence-electron chi connectivity index (χ4n) is 3.66. The van der Waals surface area contributed by atoms with Gasteiger partial charge in [0.1, 0.15) is 0 Å². The Morgan fingerprint density at radius 2 is 1.17 bits per heavy atom. The number of allylic oxidation sites excluding steroid dienone is 3. The summed E-state index contributed by atoms with van der Waals surface area (Å²) in [5.74, 6) is 2.70. The lowest BCUT2D eigenvalue weighted by Gasteiger charge is -2.38. The van der Waals surface area contributed by atoms with E-state index in [0.29, 0.717) is 11.8 Å². The average Bonchev–Trinajstić information content (AvgIpc) is 2.38. The number of hydrogen-bond donors (Lipinski definition) is 0. The molecule has 0 aliphatic heterocycles. The molecule has 0 nitrogen and oxygen atoms in total. The second-order valence-corrected chi connectivity index (χ2v) is 4.47. The molecule has 0 radical (unpaired) electrons. The lowest BCUT2D eigenvalue weighted by atomic mass is 9.66. The highest BCUT2D eigenvalue weighted by Gasteiger charge is 2.56. The summed E-state index contributed by atoms with van der Waals surface area (Å²) in [6.07, 6.45) is 2.67. The van der Waals surface area contributed by atoms with E-state index in [1.165, 1.54) is 29.6 Å². The zero-order valence-corrected chi connectivity index (χ0v) is 7.34. The molecule has 4 atom stereocenters. The monoisotopic (exact) mass is 158 g/mol. The van der Waals surface area contributed by atoms with Gasteiger partial charge in [0.15, 0.2) is 0 Å².